The molecule has 1 fully saturated rings. The third-order valence-electron chi connectivity index (χ3n) is 2.62. The molecule has 1 N–H and O–H groups in total. The van der Waals surface area contributed by atoms with E-state index in [1.54, 1.807) is 0 Å². The minimum Gasteiger partial charge on any atom is -0.307 e. The highest BCUT2D eigenvalue weighted by molar-refractivity contribution is 6.18. The van der Waals surface area contributed by atoms with E-state index < -0.39 is 0 Å². The first-order valence-electron chi connectivity index (χ1n) is 4.23. The lowest BCUT2D eigenvalue weighted by atomic mass is 9.89. The molecule has 1 aliphatic heterocycles. The van der Waals surface area contributed by atoms with Crippen molar-refractivity contribution in [2.24, 2.45) is 5.92 Å². The predicted octanol–water partition coefficient (Wildman–Crippen LogP) is 2.39. The largest absolute Gasteiger partial charge is 0.307 e. The maximum Gasteiger partial charge on any atom is 0.0269 e. The van der Waals surface area contributed by atoms with Crippen molar-refractivity contribution in [3.63, 3.8) is 0 Å². The molecule has 0 aromatic heterocycles. The topological polar surface area (TPSA) is 12.0 Å². The van der Waals surface area contributed by atoms with Crippen LogP contribution in [-0.4, -0.2) is 17.0 Å². The standard InChI is InChI=1S/C9H18ClN/c1-8(2)5-7(6-10)9(3,4)11-8/h7,11H,5-6H2,1-4H3. The molecule has 0 saturated carbocycles. The van der Waals surface area contributed by atoms with Crippen molar-refractivity contribution in [3.05, 3.63) is 0 Å². The van der Waals surface area contributed by atoms with E-state index in [-0.39, 0.29) is 11.1 Å². The van der Waals surface area contributed by atoms with Crippen LogP contribution in [0.4, 0.5) is 0 Å². The van der Waals surface area contributed by atoms with E-state index in [1.165, 1.54) is 6.42 Å². The Morgan fingerprint density at radius 2 is 1.91 bits per heavy atom. The van der Waals surface area contributed by atoms with E-state index >= 15 is 0 Å². The van der Waals surface area contributed by atoms with Crippen LogP contribution in [-0.2, 0) is 0 Å². The van der Waals surface area contributed by atoms with Crippen molar-refractivity contribution < 1.29 is 0 Å². The molecule has 1 heterocycles. The second-order valence-electron chi connectivity index (χ2n) is 4.79. The van der Waals surface area contributed by atoms with Crippen molar-refractivity contribution in [2.75, 3.05) is 5.88 Å². The van der Waals surface area contributed by atoms with Gasteiger partial charge >= 0.3 is 0 Å². The van der Waals surface area contributed by atoms with Gasteiger partial charge in [0.15, 0.2) is 0 Å². The molecule has 0 radical (unpaired) electrons. The van der Waals surface area contributed by atoms with Crippen LogP contribution in [0.3, 0.4) is 0 Å². The Morgan fingerprint density at radius 3 is 2.09 bits per heavy atom. The molecule has 1 atom stereocenters. The van der Waals surface area contributed by atoms with Crippen molar-refractivity contribution in [3.8, 4) is 0 Å². The van der Waals surface area contributed by atoms with E-state index in [0.29, 0.717) is 5.92 Å². The Bertz CT molecular complexity index is 152. The summed E-state index contributed by atoms with van der Waals surface area (Å²) in [6.45, 7) is 8.94. The molecule has 0 bridgehead atoms. The first-order valence-corrected chi connectivity index (χ1v) is 4.76. The highest BCUT2D eigenvalue weighted by Crippen LogP contribution is 2.36. The van der Waals surface area contributed by atoms with E-state index in [4.69, 9.17) is 11.6 Å². The summed E-state index contributed by atoms with van der Waals surface area (Å²) < 4.78 is 0. The van der Waals surface area contributed by atoms with E-state index in [1.807, 2.05) is 0 Å². The van der Waals surface area contributed by atoms with Gasteiger partial charge in [-0.05, 0) is 40.0 Å². The number of hydrogen-bond donors (Lipinski definition) is 1. The van der Waals surface area contributed by atoms with Crippen molar-refractivity contribution in [2.45, 2.75) is 45.2 Å². The molecule has 0 amide bonds. The van der Waals surface area contributed by atoms with Crippen molar-refractivity contribution in [1.29, 1.82) is 0 Å². The van der Waals surface area contributed by atoms with Gasteiger partial charge in [-0.25, -0.2) is 0 Å². The Kier molecular flexibility index (Phi) is 2.24. The summed E-state index contributed by atoms with van der Waals surface area (Å²) in [5.74, 6) is 1.38. The molecule has 1 rings (SSSR count). The zero-order chi connectivity index (χ0) is 8.70. The van der Waals surface area contributed by atoms with E-state index in [0.717, 1.165) is 5.88 Å². The van der Waals surface area contributed by atoms with Gasteiger partial charge in [-0.1, -0.05) is 0 Å². The minimum absolute atomic E-state index is 0.214. The molecule has 0 aliphatic carbocycles. The predicted molar refractivity (Wildman–Crippen MR) is 50.1 cm³/mol. The van der Waals surface area contributed by atoms with Gasteiger partial charge in [0.2, 0.25) is 0 Å². The summed E-state index contributed by atoms with van der Waals surface area (Å²) in [5, 5.41) is 3.59. The molecule has 66 valence electrons. The fraction of sp³-hybridized carbons (Fsp3) is 1.00. The van der Waals surface area contributed by atoms with Gasteiger partial charge in [-0.3, -0.25) is 0 Å². The normalized spacial score (nSPS) is 34.1. The summed E-state index contributed by atoms with van der Waals surface area (Å²) >= 11 is 5.88. The van der Waals surface area contributed by atoms with Gasteiger partial charge in [0.25, 0.3) is 0 Å². The van der Waals surface area contributed by atoms with Gasteiger partial charge < -0.3 is 5.32 Å². The SMILES string of the molecule is CC1(C)CC(CCl)C(C)(C)N1. The maximum atomic E-state index is 5.88. The average molecular weight is 176 g/mol. The third kappa shape index (κ3) is 1.88. The highest BCUT2D eigenvalue weighted by Gasteiger charge is 2.43. The number of halogens is 1. The fourth-order valence-electron chi connectivity index (χ4n) is 2.14. The zero-order valence-electron chi connectivity index (χ0n) is 7.87. The van der Waals surface area contributed by atoms with E-state index in [9.17, 15) is 0 Å². The van der Waals surface area contributed by atoms with Gasteiger partial charge in [0.1, 0.15) is 0 Å². The third-order valence-corrected chi connectivity index (χ3v) is 3.00. The molecule has 1 unspecified atom stereocenters. The molecule has 0 aromatic carbocycles. The van der Waals surface area contributed by atoms with Crippen LogP contribution in [0.1, 0.15) is 34.1 Å². The minimum atomic E-state index is 0.214. The van der Waals surface area contributed by atoms with Crippen LogP contribution < -0.4 is 5.32 Å². The van der Waals surface area contributed by atoms with Crippen molar-refractivity contribution >= 4 is 11.6 Å². The number of hydrogen-bond acceptors (Lipinski definition) is 1. The van der Waals surface area contributed by atoms with Gasteiger partial charge in [-0.2, -0.15) is 0 Å². The average Bonchev–Trinajstić information content (AvgIpc) is 1.99. The first-order chi connectivity index (χ1) is 4.87. The highest BCUT2D eigenvalue weighted by atomic mass is 35.5. The van der Waals surface area contributed by atoms with Crippen LogP contribution >= 0.6 is 11.6 Å². The Hall–Kier alpha value is 0.250. The van der Waals surface area contributed by atoms with Gasteiger partial charge in [-0.15, -0.1) is 11.6 Å². The van der Waals surface area contributed by atoms with Crippen molar-refractivity contribution in [1.82, 2.24) is 5.32 Å². The molecular formula is C9H18ClN. The second-order valence-corrected chi connectivity index (χ2v) is 5.09. The van der Waals surface area contributed by atoms with Crippen LogP contribution in [0.2, 0.25) is 0 Å². The Morgan fingerprint density at radius 1 is 1.36 bits per heavy atom. The smallest absolute Gasteiger partial charge is 0.0269 e. The van der Waals surface area contributed by atoms with Crippen LogP contribution in [0.15, 0.2) is 0 Å². The number of alkyl halides is 1. The van der Waals surface area contributed by atoms with Gasteiger partial charge in [0.05, 0.1) is 0 Å². The summed E-state index contributed by atoms with van der Waals surface area (Å²) in [4.78, 5) is 0. The maximum absolute atomic E-state index is 5.88. The molecule has 1 nitrogen and oxygen atoms in total. The lowest BCUT2D eigenvalue weighted by molar-refractivity contribution is 0.338. The summed E-state index contributed by atoms with van der Waals surface area (Å²) in [7, 11) is 0. The van der Waals surface area contributed by atoms with Crippen LogP contribution in [0.25, 0.3) is 0 Å². The Labute approximate surface area is 74.5 Å². The monoisotopic (exact) mass is 175 g/mol. The fourth-order valence-corrected chi connectivity index (χ4v) is 2.64. The molecule has 0 spiro atoms. The number of rotatable bonds is 1. The molecule has 2 heteroatoms. The van der Waals surface area contributed by atoms with Gasteiger partial charge in [0, 0.05) is 17.0 Å². The molecule has 11 heavy (non-hydrogen) atoms. The summed E-state index contributed by atoms with van der Waals surface area (Å²) in [5.41, 5.74) is 0.480. The summed E-state index contributed by atoms with van der Waals surface area (Å²) in [6, 6.07) is 0. The molecular weight excluding hydrogens is 158 g/mol. The molecule has 0 aromatic rings. The lowest BCUT2D eigenvalue weighted by Crippen LogP contribution is -2.45. The van der Waals surface area contributed by atoms with Crippen LogP contribution in [0, 0.1) is 5.92 Å². The van der Waals surface area contributed by atoms with E-state index in [2.05, 4.69) is 33.0 Å². The first kappa shape index (κ1) is 9.34. The quantitative estimate of drug-likeness (QED) is 0.604. The summed E-state index contributed by atoms with van der Waals surface area (Å²) in [6.07, 6.45) is 1.18. The Balaban J connectivity index is 2.71. The number of nitrogens with one attached hydrogen (secondary N) is 1. The van der Waals surface area contributed by atoms with Crippen LogP contribution in [0.5, 0.6) is 0 Å². The lowest BCUT2D eigenvalue weighted by Gasteiger charge is -2.27. The molecule has 1 saturated heterocycles. The molecule has 1 aliphatic rings. The second kappa shape index (κ2) is 2.63. The zero-order valence-corrected chi connectivity index (χ0v) is 8.63.